The molecule has 0 aromatic heterocycles. The number of terminal acetylenes is 1. The molecule has 1 aliphatic heterocycles. The zero-order valence-corrected chi connectivity index (χ0v) is 10.7. The summed E-state index contributed by atoms with van der Waals surface area (Å²) in [5.41, 5.74) is 0. The summed E-state index contributed by atoms with van der Waals surface area (Å²) in [6, 6.07) is 3.90. The molecule has 2 nitrogen and oxygen atoms in total. The van der Waals surface area contributed by atoms with Gasteiger partial charge in [0.15, 0.2) is 0 Å². The van der Waals surface area contributed by atoms with Crippen molar-refractivity contribution in [1.29, 1.82) is 0 Å². The molecule has 1 aliphatic rings. The summed E-state index contributed by atoms with van der Waals surface area (Å²) in [5, 5.41) is 0. The smallest absolute Gasteiger partial charge is 0.0414 e. The van der Waals surface area contributed by atoms with E-state index in [2.05, 4.69) is 36.3 Å². The zero-order chi connectivity index (χ0) is 12.0. The molecule has 1 heterocycles. The molecule has 0 N–H and O–H groups in total. The average molecular weight is 220 g/mol. The summed E-state index contributed by atoms with van der Waals surface area (Å²) in [5.74, 6) is 0. The Labute approximate surface area is 100 Å². The minimum absolute atomic E-state index is 0.573. The Morgan fingerprint density at radius 3 is 2.44 bits per heavy atom. The van der Waals surface area contributed by atoms with Crippen molar-refractivity contribution in [2.24, 2.45) is 0 Å². The molecule has 1 rings (SSSR count). The van der Waals surface area contributed by atoms with Crippen LogP contribution in [0.1, 0.15) is 33.1 Å². The second-order valence-corrected chi connectivity index (χ2v) is 4.75. The Bertz CT molecular complexity index is 242. The van der Waals surface area contributed by atoms with E-state index < -0.39 is 0 Å². The Balaban J connectivity index is 2.35. The Morgan fingerprint density at radius 2 is 1.94 bits per heavy atom. The normalized spacial score (nSPS) is 26.4. The molecule has 0 saturated carbocycles. The van der Waals surface area contributed by atoms with Crippen molar-refractivity contribution < 1.29 is 0 Å². The summed E-state index contributed by atoms with van der Waals surface area (Å²) >= 11 is 0. The first-order valence-corrected chi connectivity index (χ1v) is 6.27. The Morgan fingerprint density at radius 1 is 1.31 bits per heavy atom. The summed E-state index contributed by atoms with van der Waals surface area (Å²) in [6.45, 7) is 11.5. The van der Waals surface area contributed by atoms with Crippen LogP contribution in [-0.2, 0) is 0 Å². The van der Waals surface area contributed by atoms with Crippen LogP contribution in [0.5, 0.6) is 0 Å². The minimum Gasteiger partial charge on any atom is -0.330 e. The van der Waals surface area contributed by atoms with Gasteiger partial charge in [-0.05, 0) is 39.7 Å². The van der Waals surface area contributed by atoms with Gasteiger partial charge in [0.25, 0.3) is 0 Å². The first kappa shape index (κ1) is 13.1. The minimum atomic E-state index is 0.573. The van der Waals surface area contributed by atoms with E-state index in [9.17, 15) is 0 Å². The van der Waals surface area contributed by atoms with E-state index in [1.165, 1.54) is 19.4 Å². The molecule has 2 heteroatoms. The molecule has 0 aliphatic carbocycles. The molecule has 2 unspecified atom stereocenters. The number of unbranched alkanes of at least 4 members (excludes halogenated alkanes) is 2. The molecule has 0 bridgehead atoms. The number of rotatable bonds is 5. The summed E-state index contributed by atoms with van der Waals surface area (Å²) in [7, 11) is 0. The molecule has 2 atom stereocenters. The molecule has 0 radical (unpaired) electrons. The van der Waals surface area contributed by atoms with Gasteiger partial charge in [-0.15, -0.1) is 6.58 Å². The topological polar surface area (TPSA) is 6.48 Å². The van der Waals surface area contributed by atoms with E-state index in [4.69, 9.17) is 6.42 Å². The predicted octanol–water partition coefficient (Wildman–Crippen LogP) is 2.33. The average Bonchev–Trinajstić information content (AvgIpc) is 2.26. The van der Waals surface area contributed by atoms with E-state index in [-0.39, 0.29) is 0 Å². The lowest BCUT2D eigenvalue weighted by Gasteiger charge is -2.43. The van der Waals surface area contributed by atoms with Gasteiger partial charge in [-0.25, -0.2) is 0 Å². The standard InChI is InChI=1S/C14H24N2/c1-5-7-8-9-10-16-13(3)11-15(6-2)12-14(16)4/h2,5,13-14H,1,7-12H2,3-4H3. The number of hydrogen-bond acceptors (Lipinski definition) is 2. The summed E-state index contributed by atoms with van der Waals surface area (Å²) < 4.78 is 0. The van der Waals surface area contributed by atoms with Crippen LogP contribution < -0.4 is 0 Å². The van der Waals surface area contributed by atoms with E-state index in [1.807, 2.05) is 6.08 Å². The molecule has 0 aromatic carbocycles. The lowest BCUT2D eigenvalue weighted by molar-refractivity contribution is 0.0657. The second kappa shape index (κ2) is 6.60. The lowest BCUT2D eigenvalue weighted by Crippen LogP contribution is -2.55. The molecule has 16 heavy (non-hydrogen) atoms. The van der Waals surface area contributed by atoms with Crippen molar-refractivity contribution in [2.75, 3.05) is 19.6 Å². The molecule has 0 aromatic rings. The van der Waals surface area contributed by atoms with Crippen LogP contribution >= 0.6 is 0 Å². The highest BCUT2D eigenvalue weighted by atomic mass is 15.3. The van der Waals surface area contributed by atoms with E-state index >= 15 is 0 Å². The van der Waals surface area contributed by atoms with Crippen LogP contribution in [0.3, 0.4) is 0 Å². The first-order chi connectivity index (χ1) is 7.69. The van der Waals surface area contributed by atoms with Crippen LogP contribution in [0.2, 0.25) is 0 Å². The van der Waals surface area contributed by atoms with Crippen LogP contribution in [0.25, 0.3) is 0 Å². The quantitative estimate of drug-likeness (QED) is 0.398. The number of piperazine rings is 1. The summed E-state index contributed by atoms with van der Waals surface area (Å²) in [6.07, 6.45) is 11.1. The Hall–Kier alpha value is -0.940. The molecule has 0 amide bonds. The summed E-state index contributed by atoms with van der Waals surface area (Å²) in [4.78, 5) is 4.67. The van der Waals surface area contributed by atoms with Crippen molar-refractivity contribution in [3.05, 3.63) is 12.7 Å². The van der Waals surface area contributed by atoms with Crippen molar-refractivity contribution in [2.45, 2.75) is 45.2 Å². The van der Waals surface area contributed by atoms with Gasteiger partial charge in [-0.3, -0.25) is 4.90 Å². The highest BCUT2D eigenvalue weighted by molar-refractivity contribution is 4.94. The SMILES string of the molecule is C#CN1CC(C)N(CCCCC=C)C(C)C1. The third kappa shape index (κ3) is 3.57. The predicted molar refractivity (Wildman–Crippen MR) is 70.1 cm³/mol. The Kier molecular flexibility index (Phi) is 5.42. The first-order valence-electron chi connectivity index (χ1n) is 6.27. The van der Waals surface area contributed by atoms with Crippen molar-refractivity contribution in [3.63, 3.8) is 0 Å². The third-order valence-corrected chi connectivity index (χ3v) is 3.36. The van der Waals surface area contributed by atoms with Gasteiger partial charge in [0.05, 0.1) is 0 Å². The number of nitrogens with zero attached hydrogens (tertiary/aromatic N) is 2. The molecular weight excluding hydrogens is 196 g/mol. The van der Waals surface area contributed by atoms with Gasteiger partial charge in [-0.1, -0.05) is 12.5 Å². The molecular formula is C14H24N2. The van der Waals surface area contributed by atoms with Crippen LogP contribution in [0.4, 0.5) is 0 Å². The fraction of sp³-hybridized carbons (Fsp3) is 0.714. The van der Waals surface area contributed by atoms with E-state index in [1.54, 1.807) is 0 Å². The maximum atomic E-state index is 5.46. The van der Waals surface area contributed by atoms with Crippen LogP contribution in [0, 0.1) is 12.5 Å². The van der Waals surface area contributed by atoms with Gasteiger partial charge in [-0.2, -0.15) is 0 Å². The fourth-order valence-corrected chi connectivity index (χ4v) is 2.49. The maximum absolute atomic E-state index is 5.46. The highest BCUT2D eigenvalue weighted by Gasteiger charge is 2.27. The van der Waals surface area contributed by atoms with E-state index in [0.717, 1.165) is 19.5 Å². The second-order valence-electron chi connectivity index (χ2n) is 4.75. The lowest BCUT2D eigenvalue weighted by atomic mass is 10.1. The fourth-order valence-electron chi connectivity index (χ4n) is 2.49. The van der Waals surface area contributed by atoms with Gasteiger partial charge < -0.3 is 4.90 Å². The van der Waals surface area contributed by atoms with Crippen molar-refractivity contribution in [1.82, 2.24) is 9.80 Å². The van der Waals surface area contributed by atoms with Gasteiger partial charge in [0, 0.05) is 31.2 Å². The molecule has 0 spiro atoms. The van der Waals surface area contributed by atoms with Gasteiger partial charge in [0.1, 0.15) is 0 Å². The van der Waals surface area contributed by atoms with Crippen molar-refractivity contribution >= 4 is 0 Å². The molecule has 1 fully saturated rings. The number of allylic oxidation sites excluding steroid dienone is 1. The van der Waals surface area contributed by atoms with Gasteiger partial charge >= 0.3 is 0 Å². The maximum Gasteiger partial charge on any atom is 0.0414 e. The zero-order valence-electron chi connectivity index (χ0n) is 10.7. The van der Waals surface area contributed by atoms with E-state index in [0.29, 0.717) is 12.1 Å². The highest BCUT2D eigenvalue weighted by Crippen LogP contribution is 2.16. The van der Waals surface area contributed by atoms with Gasteiger partial charge in [0.2, 0.25) is 0 Å². The monoisotopic (exact) mass is 220 g/mol. The van der Waals surface area contributed by atoms with Crippen LogP contribution in [-0.4, -0.2) is 41.5 Å². The third-order valence-electron chi connectivity index (χ3n) is 3.36. The largest absolute Gasteiger partial charge is 0.330 e. The van der Waals surface area contributed by atoms with Crippen molar-refractivity contribution in [3.8, 4) is 12.5 Å². The van der Waals surface area contributed by atoms with Crippen LogP contribution in [0.15, 0.2) is 12.7 Å². The molecule has 1 saturated heterocycles. The molecule has 90 valence electrons. The number of hydrogen-bond donors (Lipinski definition) is 0.